The zero-order valence-corrected chi connectivity index (χ0v) is 16.9. The molecule has 0 aliphatic carbocycles. The van der Waals surface area contributed by atoms with Crippen LogP contribution in [0.25, 0.3) is 0 Å². The SMILES string of the molecule is N#Cc1ccccc1NC(=O)C(=O)[C@H](C(=O)c1ccccc1F)[C@H]1OC(=O)c2ccccc21. The molecule has 2 atom stereocenters. The van der Waals surface area contributed by atoms with Gasteiger partial charge in [-0.1, -0.05) is 42.5 Å². The van der Waals surface area contributed by atoms with Crippen LogP contribution < -0.4 is 5.32 Å². The molecule has 7 nitrogen and oxygen atoms in total. The molecule has 33 heavy (non-hydrogen) atoms. The second kappa shape index (κ2) is 8.85. The highest BCUT2D eigenvalue weighted by Gasteiger charge is 2.46. The maximum absolute atomic E-state index is 14.4. The predicted molar refractivity (Wildman–Crippen MR) is 114 cm³/mol. The molecule has 0 saturated carbocycles. The third-order valence-corrected chi connectivity index (χ3v) is 5.25. The summed E-state index contributed by atoms with van der Waals surface area (Å²) >= 11 is 0. The Morgan fingerprint density at radius 2 is 1.64 bits per heavy atom. The number of esters is 1. The number of hydrogen-bond acceptors (Lipinski definition) is 6. The van der Waals surface area contributed by atoms with Crippen molar-refractivity contribution in [2.24, 2.45) is 5.92 Å². The van der Waals surface area contributed by atoms with Gasteiger partial charge in [-0.3, -0.25) is 14.4 Å². The van der Waals surface area contributed by atoms with Crippen LogP contribution in [0.3, 0.4) is 0 Å². The first-order valence-corrected chi connectivity index (χ1v) is 9.85. The molecule has 8 heteroatoms. The summed E-state index contributed by atoms with van der Waals surface area (Å²) in [5, 5.41) is 11.5. The molecule has 0 fully saturated rings. The number of halogens is 1. The second-order valence-corrected chi connectivity index (χ2v) is 7.21. The fraction of sp³-hybridized carbons (Fsp3) is 0.0800. The Kier molecular flexibility index (Phi) is 5.79. The number of hydrogen-bond donors (Lipinski definition) is 1. The Bertz CT molecular complexity index is 1340. The van der Waals surface area contributed by atoms with Crippen molar-refractivity contribution in [1.82, 2.24) is 0 Å². The van der Waals surface area contributed by atoms with E-state index in [1.165, 1.54) is 42.5 Å². The van der Waals surface area contributed by atoms with E-state index in [0.717, 1.165) is 6.07 Å². The van der Waals surface area contributed by atoms with Gasteiger partial charge in [0, 0.05) is 5.56 Å². The van der Waals surface area contributed by atoms with E-state index in [1.54, 1.807) is 24.3 Å². The Morgan fingerprint density at radius 3 is 2.39 bits per heavy atom. The van der Waals surface area contributed by atoms with Crippen molar-refractivity contribution in [2.45, 2.75) is 6.10 Å². The molecule has 0 spiro atoms. The Morgan fingerprint density at radius 1 is 0.970 bits per heavy atom. The number of anilines is 1. The van der Waals surface area contributed by atoms with Gasteiger partial charge in [0.15, 0.2) is 5.78 Å². The molecule has 3 aromatic carbocycles. The Hall–Kier alpha value is -4.64. The minimum Gasteiger partial charge on any atom is -0.453 e. The summed E-state index contributed by atoms with van der Waals surface area (Å²) in [6.07, 6.45) is -1.41. The minimum atomic E-state index is -1.83. The smallest absolute Gasteiger partial charge is 0.339 e. The van der Waals surface area contributed by atoms with Crippen LogP contribution in [0.1, 0.15) is 37.9 Å². The number of cyclic esters (lactones) is 1. The first-order valence-electron chi connectivity index (χ1n) is 9.85. The number of fused-ring (bicyclic) bond motifs is 1. The third kappa shape index (κ3) is 4.00. The van der Waals surface area contributed by atoms with E-state index >= 15 is 0 Å². The maximum atomic E-state index is 14.4. The molecule has 4 rings (SSSR count). The lowest BCUT2D eigenvalue weighted by Crippen LogP contribution is -2.38. The van der Waals surface area contributed by atoms with Crippen LogP contribution in [0.4, 0.5) is 10.1 Å². The second-order valence-electron chi connectivity index (χ2n) is 7.21. The number of ether oxygens (including phenoxy) is 1. The molecule has 1 aliphatic rings. The standard InChI is InChI=1S/C25H15FN2O5/c26-18-11-5-4-10-17(18)21(29)20(23-15-8-2-3-9-16(15)25(32)33-23)22(30)24(31)28-19-12-6-1-7-14(19)13-27/h1-12,20,23H,(H,28,31)/t20-,23-/m0/s1. The number of para-hydroxylation sites is 1. The van der Waals surface area contributed by atoms with Gasteiger partial charge in [-0.15, -0.1) is 0 Å². The van der Waals surface area contributed by atoms with E-state index < -0.39 is 46.8 Å². The van der Waals surface area contributed by atoms with E-state index in [2.05, 4.69) is 5.32 Å². The quantitative estimate of drug-likeness (QED) is 0.270. The lowest BCUT2D eigenvalue weighted by Gasteiger charge is -2.21. The summed E-state index contributed by atoms with van der Waals surface area (Å²) in [5.74, 6) is -6.91. The number of ketones is 2. The summed E-state index contributed by atoms with van der Waals surface area (Å²) in [4.78, 5) is 51.7. The van der Waals surface area contributed by atoms with E-state index in [1.807, 2.05) is 6.07 Å². The average molecular weight is 442 g/mol. The number of carbonyl (C=O) groups is 4. The number of benzene rings is 3. The van der Waals surface area contributed by atoms with E-state index in [0.29, 0.717) is 0 Å². The van der Waals surface area contributed by atoms with Gasteiger partial charge in [0.05, 0.1) is 22.4 Å². The van der Waals surface area contributed by atoms with Gasteiger partial charge in [-0.2, -0.15) is 5.26 Å². The van der Waals surface area contributed by atoms with Gasteiger partial charge < -0.3 is 10.1 Å². The monoisotopic (exact) mass is 442 g/mol. The lowest BCUT2D eigenvalue weighted by molar-refractivity contribution is -0.138. The molecule has 0 aromatic heterocycles. The fourth-order valence-electron chi connectivity index (χ4n) is 3.66. The highest BCUT2D eigenvalue weighted by atomic mass is 19.1. The molecule has 1 aliphatic heterocycles. The molecular weight excluding hydrogens is 427 g/mol. The van der Waals surface area contributed by atoms with Crippen LogP contribution in [0.15, 0.2) is 72.8 Å². The third-order valence-electron chi connectivity index (χ3n) is 5.25. The zero-order chi connectivity index (χ0) is 23.5. The summed E-state index contributed by atoms with van der Waals surface area (Å²) in [6.45, 7) is 0. The molecule has 0 bridgehead atoms. The number of Topliss-reactive ketones (excluding diaryl/α,β-unsaturated/α-hetero) is 2. The summed E-state index contributed by atoms with van der Waals surface area (Å²) in [7, 11) is 0. The van der Waals surface area contributed by atoms with Gasteiger partial charge in [0.2, 0.25) is 5.78 Å². The number of nitriles is 1. The molecule has 0 saturated heterocycles. The van der Waals surface area contributed by atoms with Crippen LogP contribution in [-0.4, -0.2) is 23.4 Å². The average Bonchev–Trinajstić information content (AvgIpc) is 3.16. The van der Waals surface area contributed by atoms with Crippen molar-refractivity contribution in [2.75, 3.05) is 5.32 Å². The summed E-state index contributed by atoms with van der Waals surface area (Å²) < 4.78 is 19.7. The van der Waals surface area contributed by atoms with Crippen molar-refractivity contribution >= 4 is 29.1 Å². The number of carbonyl (C=O) groups excluding carboxylic acids is 4. The number of nitrogens with zero attached hydrogens (tertiary/aromatic N) is 1. The zero-order valence-electron chi connectivity index (χ0n) is 16.9. The van der Waals surface area contributed by atoms with Gasteiger partial charge in [-0.05, 0) is 30.3 Å². The van der Waals surface area contributed by atoms with Gasteiger partial charge in [0.1, 0.15) is 23.9 Å². The molecule has 1 amide bonds. The largest absolute Gasteiger partial charge is 0.453 e. The van der Waals surface area contributed by atoms with Gasteiger partial charge >= 0.3 is 5.97 Å². The Balaban J connectivity index is 1.75. The van der Waals surface area contributed by atoms with Crippen LogP contribution in [0.5, 0.6) is 0 Å². The fourth-order valence-corrected chi connectivity index (χ4v) is 3.66. The highest BCUT2D eigenvalue weighted by Crippen LogP contribution is 2.38. The van der Waals surface area contributed by atoms with Crippen molar-refractivity contribution in [3.8, 4) is 6.07 Å². The van der Waals surface area contributed by atoms with E-state index in [9.17, 15) is 28.8 Å². The topological polar surface area (TPSA) is 113 Å². The highest BCUT2D eigenvalue weighted by molar-refractivity contribution is 6.45. The van der Waals surface area contributed by atoms with Crippen LogP contribution in [0, 0.1) is 23.1 Å². The van der Waals surface area contributed by atoms with Crippen LogP contribution in [-0.2, 0) is 14.3 Å². The summed E-state index contributed by atoms with van der Waals surface area (Å²) in [6, 6.07) is 19.0. The van der Waals surface area contributed by atoms with Crippen LogP contribution >= 0.6 is 0 Å². The first-order chi connectivity index (χ1) is 15.9. The molecule has 1 N–H and O–H groups in total. The molecule has 1 heterocycles. The normalized spacial score (nSPS) is 15.0. The van der Waals surface area contributed by atoms with E-state index in [-0.39, 0.29) is 22.4 Å². The van der Waals surface area contributed by atoms with Crippen molar-refractivity contribution < 1.29 is 28.3 Å². The summed E-state index contributed by atoms with van der Waals surface area (Å²) in [5.41, 5.74) is 0.154. The number of nitrogens with one attached hydrogen (secondary N) is 1. The minimum absolute atomic E-state index is 0.0688. The predicted octanol–water partition coefficient (Wildman–Crippen LogP) is 3.62. The number of rotatable bonds is 6. The van der Waals surface area contributed by atoms with Gasteiger partial charge in [-0.25, -0.2) is 9.18 Å². The van der Waals surface area contributed by atoms with Crippen molar-refractivity contribution in [1.29, 1.82) is 5.26 Å². The van der Waals surface area contributed by atoms with Crippen molar-refractivity contribution in [3.63, 3.8) is 0 Å². The molecule has 3 aromatic rings. The molecule has 0 unspecified atom stereocenters. The lowest BCUT2D eigenvalue weighted by atomic mass is 9.84. The van der Waals surface area contributed by atoms with Crippen LogP contribution in [0.2, 0.25) is 0 Å². The van der Waals surface area contributed by atoms with Crippen molar-refractivity contribution in [3.05, 3.63) is 101 Å². The molecular formula is C25H15FN2O5. The Labute approximate surface area is 187 Å². The van der Waals surface area contributed by atoms with Gasteiger partial charge in [0.25, 0.3) is 5.91 Å². The molecule has 0 radical (unpaired) electrons. The molecule has 162 valence electrons. The first kappa shape index (κ1) is 21.6. The number of amides is 1. The van der Waals surface area contributed by atoms with E-state index in [4.69, 9.17) is 4.74 Å². The maximum Gasteiger partial charge on any atom is 0.339 e.